The van der Waals surface area contributed by atoms with Crippen LogP contribution in [0.1, 0.15) is 18.0 Å². The predicted molar refractivity (Wildman–Crippen MR) is 48.4 cm³/mol. The van der Waals surface area contributed by atoms with Crippen LogP contribution in [-0.2, 0) is 4.79 Å². The summed E-state index contributed by atoms with van der Waals surface area (Å²) in [6.45, 7) is 0. The van der Waals surface area contributed by atoms with Crippen molar-refractivity contribution >= 4 is 17.6 Å². The van der Waals surface area contributed by atoms with E-state index in [1.54, 1.807) is 0 Å². The second kappa shape index (κ2) is 4.34. The number of nitrogens with two attached hydrogens (primary N) is 1. The Balaban J connectivity index is 2.93. The molecule has 0 unspecified atom stereocenters. The van der Waals surface area contributed by atoms with Crippen LogP contribution < -0.4 is 5.73 Å². The Morgan fingerprint density at radius 3 is 3.00 bits per heavy atom. The van der Waals surface area contributed by atoms with Crippen LogP contribution in [0.25, 0.3) is 0 Å². The number of aliphatic carboxylic acids is 1. The van der Waals surface area contributed by atoms with Gasteiger partial charge in [-0.05, 0) is 6.07 Å². The third-order valence-electron chi connectivity index (χ3n) is 1.63. The molecule has 0 fully saturated rings. The van der Waals surface area contributed by atoms with E-state index in [0.29, 0.717) is 0 Å². The normalized spacial score (nSPS) is 12.5. The maximum Gasteiger partial charge on any atom is 0.305 e. The number of aromatic nitrogens is 1. The third-order valence-corrected chi connectivity index (χ3v) is 1.83. The highest BCUT2D eigenvalue weighted by atomic mass is 35.5. The van der Waals surface area contributed by atoms with Gasteiger partial charge in [0.05, 0.1) is 11.4 Å². The summed E-state index contributed by atoms with van der Waals surface area (Å²) in [7, 11) is 0. The molecule has 0 saturated carbocycles. The molecule has 0 aliphatic heterocycles. The lowest BCUT2D eigenvalue weighted by Crippen LogP contribution is -2.17. The molecule has 0 bridgehead atoms. The molecular formula is C8H8ClFN2O2. The number of nitrogens with zero attached hydrogens (tertiary/aromatic N) is 1. The van der Waals surface area contributed by atoms with Crippen molar-refractivity contribution in [2.24, 2.45) is 5.73 Å². The van der Waals surface area contributed by atoms with Crippen molar-refractivity contribution in [1.29, 1.82) is 0 Å². The number of carboxylic acid groups (broad SMARTS) is 1. The SMILES string of the molecule is N[C@H](CC(=O)O)c1cc(Cl)cnc1F. The van der Waals surface area contributed by atoms with E-state index in [1.807, 2.05) is 0 Å². The lowest BCUT2D eigenvalue weighted by Gasteiger charge is -2.09. The van der Waals surface area contributed by atoms with Gasteiger partial charge in [0, 0.05) is 17.8 Å². The molecule has 1 aromatic rings. The number of carboxylic acids is 1. The summed E-state index contributed by atoms with van der Waals surface area (Å²) in [6, 6.07) is 0.344. The fourth-order valence-corrected chi connectivity index (χ4v) is 1.16. The fraction of sp³-hybridized carbons (Fsp3) is 0.250. The number of carbonyl (C=O) groups is 1. The molecule has 76 valence electrons. The molecule has 4 nitrogen and oxygen atoms in total. The highest BCUT2D eigenvalue weighted by Crippen LogP contribution is 2.19. The molecule has 0 amide bonds. The van der Waals surface area contributed by atoms with Crippen molar-refractivity contribution in [3.63, 3.8) is 0 Å². The minimum Gasteiger partial charge on any atom is -0.481 e. The van der Waals surface area contributed by atoms with Crippen molar-refractivity contribution in [2.45, 2.75) is 12.5 Å². The van der Waals surface area contributed by atoms with E-state index in [2.05, 4.69) is 4.98 Å². The van der Waals surface area contributed by atoms with Gasteiger partial charge in [-0.3, -0.25) is 4.79 Å². The summed E-state index contributed by atoms with van der Waals surface area (Å²) in [6.07, 6.45) is 0.771. The van der Waals surface area contributed by atoms with Gasteiger partial charge in [-0.2, -0.15) is 4.39 Å². The van der Waals surface area contributed by atoms with Gasteiger partial charge in [0.2, 0.25) is 5.95 Å². The van der Waals surface area contributed by atoms with Gasteiger partial charge in [-0.15, -0.1) is 0 Å². The van der Waals surface area contributed by atoms with Crippen LogP contribution >= 0.6 is 11.6 Å². The van der Waals surface area contributed by atoms with Crippen LogP contribution in [0.3, 0.4) is 0 Å². The molecule has 0 radical (unpaired) electrons. The number of hydrogen-bond donors (Lipinski definition) is 2. The fourth-order valence-electron chi connectivity index (χ4n) is 0.996. The van der Waals surface area contributed by atoms with Crippen molar-refractivity contribution in [2.75, 3.05) is 0 Å². The molecular weight excluding hydrogens is 211 g/mol. The Kier molecular flexibility index (Phi) is 3.38. The summed E-state index contributed by atoms with van der Waals surface area (Å²) in [4.78, 5) is 13.7. The average Bonchev–Trinajstić information content (AvgIpc) is 2.08. The molecule has 6 heteroatoms. The smallest absolute Gasteiger partial charge is 0.305 e. The summed E-state index contributed by atoms with van der Waals surface area (Å²) in [5, 5.41) is 8.67. The van der Waals surface area contributed by atoms with Gasteiger partial charge in [-0.1, -0.05) is 11.6 Å². The second-order valence-corrected chi connectivity index (χ2v) is 3.17. The van der Waals surface area contributed by atoms with E-state index >= 15 is 0 Å². The highest BCUT2D eigenvalue weighted by molar-refractivity contribution is 6.30. The number of pyridine rings is 1. The summed E-state index contributed by atoms with van der Waals surface area (Å²) in [5.74, 6) is -1.89. The lowest BCUT2D eigenvalue weighted by atomic mass is 10.1. The Bertz CT molecular complexity index is 359. The molecule has 1 heterocycles. The Morgan fingerprint density at radius 1 is 1.79 bits per heavy atom. The van der Waals surface area contributed by atoms with Gasteiger partial charge in [-0.25, -0.2) is 4.98 Å². The minimum absolute atomic E-state index is 0.0138. The van der Waals surface area contributed by atoms with Crippen molar-refractivity contribution in [3.05, 3.63) is 28.8 Å². The van der Waals surface area contributed by atoms with E-state index in [9.17, 15) is 9.18 Å². The van der Waals surface area contributed by atoms with Gasteiger partial charge < -0.3 is 10.8 Å². The average molecular weight is 219 g/mol. The number of halogens is 2. The van der Waals surface area contributed by atoms with E-state index in [-0.39, 0.29) is 17.0 Å². The van der Waals surface area contributed by atoms with Crippen molar-refractivity contribution in [1.82, 2.24) is 4.98 Å². The van der Waals surface area contributed by atoms with Crippen LogP contribution in [0.5, 0.6) is 0 Å². The molecule has 1 atom stereocenters. The molecule has 1 aromatic heterocycles. The largest absolute Gasteiger partial charge is 0.481 e. The molecule has 0 aliphatic carbocycles. The van der Waals surface area contributed by atoms with Crippen LogP contribution in [-0.4, -0.2) is 16.1 Å². The molecule has 0 aromatic carbocycles. The predicted octanol–water partition coefficient (Wildman–Crippen LogP) is 1.35. The summed E-state index contributed by atoms with van der Waals surface area (Å²) >= 11 is 5.57. The van der Waals surface area contributed by atoms with E-state index in [4.69, 9.17) is 22.4 Å². The maximum absolute atomic E-state index is 13.0. The first-order valence-electron chi connectivity index (χ1n) is 3.79. The molecule has 1 rings (SSSR count). The zero-order valence-electron chi connectivity index (χ0n) is 7.08. The zero-order chi connectivity index (χ0) is 10.7. The minimum atomic E-state index is -1.10. The zero-order valence-corrected chi connectivity index (χ0v) is 7.83. The van der Waals surface area contributed by atoms with Crippen LogP contribution in [0.2, 0.25) is 5.02 Å². The highest BCUT2D eigenvalue weighted by Gasteiger charge is 2.15. The Labute approximate surface area is 84.5 Å². The molecule has 0 aliphatic rings. The molecule has 14 heavy (non-hydrogen) atoms. The Hall–Kier alpha value is -1.20. The van der Waals surface area contributed by atoms with E-state index in [1.165, 1.54) is 6.07 Å². The van der Waals surface area contributed by atoms with Gasteiger partial charge >= 0.3 is 5.97 Å². The maximum atomic E-state index is 13.0. The first-order valence-corrected chi connectivity index (χ1v) is 4.17. The Morgan fingerprint density at radius 2 is 2.43 bits per heavy atom. The van der Waals surface area contributed by atoms with Gasteiger partial charge in [0.15, 0.2) is 0 Å². The topological polar surface area (TPSA) is 76.2 Å². The van der Waals surface area contributed by atoms with Crippen molar-refractivity contribution in [3.8, 4) is 0 Å². The van der Waals surface area contributed by atoms with Crippen LogP contribution in [0, 0.1) is 5.95 Å². The van der Waals surface area contributed by atoms with E-state index < -0.39 is 18.0 Å². The standard InChI is InChI=1S/C8H8ClFN2O2/c9-4-1-5(8(10)12-3-4)6(11)2-7(13)14/h1,3,6H,2,11H2,(H,13,14)/t6-/m1/s1. The van der Waals surface area contributed by atoms with Crippen LogP contribution in [0.15, 0.2) is 12.3 Å². The third kappa shape index (κ3) is 2.65. The first kappa shape index (κ1) is 10.9. The number of rotatable bonds is 3. The van der Waals surface area contributed by atoms with Crippen LogP contribution in [0.4, 0.5) is 4.39 Å². The molecule has 3 N–H and O–H groups in total. The monoisotopic (exact) mass is 218 g/mol. The molecule has 0 spiro atoms. The lowest BCUT2D eigenvalue weighted by molar-refractivity contribution is -0.137. The first-order chi connectivity index (χ1) is 6.50. The van der Waals surface area contributed by atoms with Gasteiger partial charge in [0.25, 0.3) is 0 Å². The summed E-state index contributed by atoms with van der Waals surface area (Å²) < 4.78 is 13.0. The van der Waals surface area contributed by atoms with E-state index in [0.717, 1.165) is 6.20 Å². The molecule has 0 saturated heterocycles. The van der Waals surface area contributed by atoms with Gasteiger partial charge in [0.1, 0.15) is 0 Å². The quantitative estimate of drug-likeness (QED) is 0.751. The summed E-state index contributed by atoms with van der Waals surface area (Å²) in [5.41, 5.74) is 5.46. The second-order valence-electron chi connectivity index (χ2n) is 2.74. The number of hydrogen-bond acceptors (Lipinski definition) is 3. The van der Waals surface area contributed by atoms with Crippen molar-refractivity contribution < 1.29 is 14.3 Å².